The minimum absolute atomic E-state index is 0.326. The van der Waals surface area contributed by atoms with E-state index in [0.29, 0.717) is 45.9 Å². The maximum atomic E-state index is 13.6. The van der Waals surface area contributed by atoms with Crippen LogP contribution >= 0.6 is 0 Å². The van der Waals surface area contributed by atoms with Gasteiger partial charge in [-0.2, -0.15) is 0 Å². The molecule has 2 heterocycles. The maximum Gasteiger partial charge on any atom is 0.261 e. The summed E-state index contributed by atoms with van der Waals surface area (Å²) in [4.78, 5) is 57.2. The Morgan fingerprint density at radius 1 is 0.474 bits per heavy atom. The molecule has 0 saturated heterocycles. The fraction of sp³-hybridized carbons (Fsp3) is 0.250. The molecule has 0 atom stereocenters. The number of hydrogen-bond acceptors (Lipinski definition) is 4. The van der Waals surface area contributed by atoms with Crippen molar-refractivity contribution in [2.24, 2.45) is 0 Å². The molecule has 2 aliphatic rings. The van der Waals surface area contributed by atoms with Crippen LogP contribution in [0, 0.1) is 0 Å². The first-order valence-corrected chi connectivity index (χ1v) is 12.8. The molecule has 6 nitrogen and oxygen atoms in total. The van der Waals surface area contributed by atoms with Crippen LogP contribution in [0.25, 0.3) is 21.5 Å². The maximum absolute atomic E-state index is 13.6. The number of hydrogen-bond donors (Lipinski definition) is 0. The van der Waals surface area contributed by atoms with Crippen molar-refractivity contribution in [3.8, 4) is 0 Å². The Balaban J connectivity index is 1.31. The van der Waals surface area contributed by atoms with Gasteiger partial charge in [-0.1, -0.05) is 48.5 Å². The normalized spacial score (nSPS) is 15.7. The van der Waals surface area contributed by atoms with Gasteiger partial charge in [0.2, 0.25) is 0 Å². The van der Waals surface area contributed by atoms with E-state index in [0.717, 1.165) is 10.8 Å². The van der Waals surface area contributed by atoms with Gasteiger partial charge in [0.15, 0.2) is 0 Å². The van der Waals surface area contributed by atoms with Gasteiger partial charge in [0.1, 0.15) is 0 Å². The van der Waals surface area contributed by atoms with Crippen LogP contribution in [0.15, 0.2) is 72.8 Å². The lowest BCUT2D eigenvalue weighted by Gasteiger charge is -2.44. The van der Waals surface area contributed by atoms with E-state index >= 15 is 0 Å². The molecule has 38 heavy (non-hydrogen) atoms. The molecule has 0 saturated carbocycles. The molecule has 0 aromatic heterocycles. The average Bonchev–Trinajstić information content (AvgIpc) is 2.89. The van der Waals surface area contributed by atoms with E-state index in [1.54, 1.807) is 24.3 Å². The van der Waals surface area contributed by atoms with Gasteiger partial charge in [-0.3, -0.25) is 29.0 Å². The first kappa shape index (κ1) is 24.0. The monoisotopic (exact) mass is 504 g/mol. The van der Waals surface area contributed by atoms with E-state index < -0.39 is 11.1 Å². The molecule has 0 spiro atoms. The van der Waals surface area contributed by atoms with E-state index in [9.17, 15) is 19.2 Å². The molecule has 6 heteroatoms. The number of nitrogens with zero attached hydrogens (tertiary/aromatic N) is 2. The highest BCUT2D eigenvalue weighted by Crippen LogP contribution is 2.39. The van der Waals surface area contributed by atoms with Crippen LogP contribution in [0.4, 0.5) is 0 Å². The van der Waals surface area contributed by atoms with E-state index in [1.165, 1.54) is 9.80 Å². The zero-order chi connectivity index (χ0) is 27.0. The Morgan fingerprint density at radius 2 is 0.737 bits per heavy atom. The van der Waals surface area contributed by atoms with Crippen molar-refractivity contribution in [3.63, 3.8) is 0 Å². The zero-order valence-corrected chi connectivity index (χ0v) is 21.9. The lowest BCUT2D eigenvalue weighted by Crippen LogP contribution is -2.56. The molecule has 0 aliphatic carbocycles. The predicted octanol–water partition coefficient (Wildman–Crippen LogP) is 6.22. The van der Waals surface area contributed by atoms with Crippen molar-refractivity contribution >= 4 is 45.2 Å². The van der Waals surface area contributed by atoms with Gasteiger partial charge < -0.3 is 0 Å². The Hall–Kier alpha value is -4.32. The second kappa shape index (κ2) is 8.09. The van der Waals surface area contributed by atoms with E-state index in [2.05, 4.69) is 0 Å². The SMILES string of the molecule is CC(C)(CCC(C)(C)N1C(=O)c2cccc3cccc(c23)C1=O)N1C(=O)c2cccc3cccc(c23)C1=O. The molecular formula is C32H28N2O4. The quantitative estimate of drug-likeness (QED) is 0.302. The molecule has 4 amide bonds. The Bertz CT molecular complexity index is 1490. The number of carbonyl (C=O) groups is 4. The van der Waals surface area contributed by atoms with Gasteiger partial charge in [-0.25, -0.2) is 0 Å². The van der Waals surface area contributed by atoms with Crippen LogP contribution in [-0.4, -0.2) is 44.5 Å². The van der Waals surface area contributed by atoms with E-state index in [1.807, 2.05) is 76.2 Å². The van der Waals surface area contributed by atoms with Crippen LogP contribution in [0.3, 0.4) is 0 Å². The smallest absolute Gasteiger partial charge is 0.261 e. The second-order valence-electron chi connectivity index (χ2n) is 11.4. The van der Waals surface area contributed by atoms with E-state index in [4.69, 9.17) is 0 Å². The standard InChI is InChI=1S/C32H28N2O4/c1-31(2,33-27(35)21-13-5-9-19-10-6-14-22(25(19)21)28(33)36)17-18-32(3,4)34-29(37)23-15-7-11-20-12-8-16-24(26(20)23)30(34)38/h5-16H,17-18H2,1-4H3. The Morgan fingerprint density at radius 3 is 1.00 bits per heavy atom. The van der Waals surface area contributed by atoms with E-state index in [-0.39, 0.29) is 23.6 Å². The third-order valence-electron chi connectivity index (χ3n) is 8.10. The third-order valence-corrected chi connectivity index (χ3v) is 8.10. The fourth-order valence-corrected chi connectivity index (χ4v) is 6.00. The van der Waals surface area contributed by atoms with Crippen LogP contribution in [-0.2, 0) is 0 Å². The largest absolute Gasteiger partial charge is 0.269 e. The van der Waals surface area contributed by atoms with Gasteiger partial charge in [0.25, 0.3) is 23.6 Å². The molecule has 190 valence electrons. The number of imide groups is 2. The summed E-state index contributed by atoms with van der Waals surface area (Å²) < 4.78 is 0. The van der Waals surface area contributed by atoms with Crippen molar-refractivity contribution < 1.29 is 19.2 Å². The first-order chi connectivity index (χ1) is 18.0. The van der Waals surface area contributed by atoms with Gasteiger partial charge in [-0.15, -0.1) is 0 Å². The predicted molar refractivity (Wildman–Crippen MR) is 146 cm³/mol. The molecule has 6 rings (SSSR count). The van der Waals surface area contributed by atoms with Gasteiger partial charge in [-0.05, 0) is 75.6 Å². The highest BCUT2D eigenvalue weighted by molar-refractivity contribution is 6.26. The molecule has 0 unspecified atom stereocenters. The summed E-state index contributed by atoms with van der Waals surface area (Å²) >= 11 is 0. The van der Waals surface area contributed by atoms with Crippen molar-refractivity contribution in [1.29, 1.82) is 0 Å². The number of rotatable bonds is 5. The molecule has 0 bridgehead atoms. The summed E-state index contributed by atoms with van der Waals surface area (Å²) in [7, 11) is 0. The summed E-state index contributed by atoms with van der Waals surface area (Å²) in [6, 6.07) is 22.0. The fourth-order valence-electron chi connectivity index (χ4n) is 6.00. The van der Waals surface area contributed by atoms with Crippen LogP contribution in [0.1, 0.15) is 82.0 Å². The van der Waals surface area contributed by atoms with Crippen molar-refractivity contribution in [1.82, 2.24) is 9.80 Å². The molecule has 2 aliphatic heterocycles. The molecule has 4 aromatic rings. The van der Waals surface area contributed by atoms with Crippen molar-refractivity contribution in [2.75, 3.05) is 0 Å². The van der Waals surface area contributed by atoms with Crippen LogP contribution in [0.5, 0.6) is 0 Å². The summed E-state index contributed by atoms with van der Waals surface area (Å²) in [5, 5.41) is 3.10. The number of carbonyl (C=O) groups excluding carboxylic acids is 4. The summed E-state index contributed by atoms with van der Waals surface area (Å²) in [5.74, 6) is -1.30. The van der Waals surface area contributed by atoms with Gasteiger partial charge >= 0.3 is 0 Å². The van der Waals surface area contributed by atoms with Crippen molar-refractivity contribution in [2.45, 2.75) is 51.6 Å². The van der Waals surface area contributed by atoms with Crippen LogP contribution in [0.2, 0.25) is 0 Å². The first-order valence-electron chi connectivity index (χ1n) is 12.8. The lowest BCUT2D eigenvalue weighted by molar-refractivity contribution is 0.0298. The summed E-state index contributed by atoms with van der Waals surface area (Å²) in [5.41, 5.74) is 0.321. The van der Waals surface area contributed by atoms with Crippen molar-refractivity contribution in [3.05, 3.63) is 95.1 Å². The van der Waals surface area contributed by atoms with Gasteiger partial charge in [0.05, 0.1) is 0 Å². The third kappa shape index (κ3) is 3.33. The minimum Gasteiger partial charge on any atom is -0.269 e. The highest BCUT2D eigenvalue weighted by atomic mass is 16.2. The van der Waals surface area contributed by atoms with Crippen LogP contribution < -0.4 is 0 Å². The molecule has 0 radical (unpaired) electrons. The average molecular weight is 505 g/mol. The molecular weight excluding hydrogens is 476 g/mol. The Kier molecular flexibility index (Phi) is 5.12. The molecule has 4 aromatic carbocycles. The zero-order valence-electron chi connectivity index (χ0n) is 21.9. The topological polar surface area (TPSA) is 74.8 Å². The Labute approximate surface area is 220 Å². The molecule has 0 fully saturated rings. The molecule has 0 N–H and O–H groups in total. The number of amides is 4. The van der Waals surface area contributed by atoms with Gasteiger partial charge in [0, 0.05) is 44.1 Å². The second-order valence-corrected chi connectivity index (χ2v) is 11.4. The number of benzene rings is 4. The lowest BCUT2D eigenvalue weighted by atomic mass is 9.83. The summed E-state index contributed by atoms with van der Waals surface area (Å²) in [6.45, 7) is 7.46. The highest BCUT2D eigenvalue weighted by Gasteiger charge is 2.45. The minimum atomic E-state index is -0.860. The summed E-state index contributed by atoms with van der Waals surface area (Å²) in [6.07, 6.45) is 0.803.